The predicted octanol–water partition coefficient (Wildman–Crippen LogP) is 6.01. The average Bonchev–Trinajstić information content (AvgIpc) is 4.23. The van der Waals surface area contributed by atoms with E-state index in [4.69, 9.17) is 34.8 Å². The number of carbonyl (C=O) groups is 2. The Hall–Kier alpha value is -7.07. The van der Waals surface area contributed by atoms with Gasteiger partial charge < -0.3 is 44.9 Å². The van der Waals surface area contributed by atoms with E-state index in [2.05, 4.69) is 40.4 Å². The molecule has 4 atom stereocenters. The fourth-order valence-electron chi connectivity index (χ4n) is 10.3. The number of nitrogens with two attached hydrogens (primary N) is 1. The molecule has 2 amide bonds. The van der Waals surface area contributed by atoms with Crippen LogP contribution in [0.15, 0.2) is 83.1 Å². The Morgan fingerprint density at radius 3 is 2.41 bits per heavy atom. The first-order valence-corrected chi connectivity index (χ1v) is 25.8. The molecule has 21 heteroatoms. The highest BCUT2D eigenvalue weighted by atomic mass is 32.1. The molecule has 3 fully saturated rings. The quantitative estimate of drug-likeness (QED) is 0.0941. The molecule has 8 heterocycles. The first-order valence-electron chi connectivity index (χ1n) is 24.9. The molecular weight excluding hydrogens is 949 g/mol. The Bertz CT molecular complexity index is 3020. The largest absolute Gasteiger partial charge is 0.467 e. The lowest BCUT2D eigenvalue weighted by Crippen LogP contribution is -2.48. The van der Waals surface area contributed by atoms with Crippen molar-refractivity contribution in [3.05, 3.63) is 101 Å². The molecule has 7 aromatic rings. The smallest absolute Gasteiger partial charge is 0.243 e. The molecule has 4 N–H and O–H groups in total. The summed E-state index contributed by atoms with van der Waals surface area (Å²) >= 11 is 1.59. The summed E-state index contributed by atoms with van der Waals surface area (Å²) in [6, 6.07) is 18.5. The number of β-amino-alcohol motifs (C(OH)–C–C–N with tert-alkyl or cyclic N) is 1. The van der Waals surface area contributed by atoms with Crippen LogP contribution in [-0.4, -0.2) is 139 Å². The van der Waals surface area contributed by atoms with Crippen molar-refractivity contribution in [3.8, 4) is 27.4 Å². The standard InChI is InChI=1S/C52H62N14O6S/c1-31(2)46(51(69)65-28-38(67)22-42(65)50(68)57-32(3)35-10-12-36(13-11-35)48-33(4)56-29-73-48)44-24-45(61-72-44)63-20-18-62(19-21-63)27-34-25-54-52(55-26-34)64-16-14-37(15-17-64)66-41-23-40(58-59-47(41)49(53)60-66)39-8-6-7-9-43(39)71-30-70-5/h6-13,23-26,29,31-32,37-38,42,46,67H,14-22,27-28,30H2,1-5H3,(H2,53,60)(H,57,68)/t32-,38+,42-,46?/m0/s1. The highest BCUT2D eigenvalue weighted by Gasteiger charge is 2.44. The third-order valence-electron chi connectivity index (χ3n) is 14.3. The molecule has 0 aliphatic carbocycles. The topological polar surface area (TPSA) is 232 Å². The van der Waals surface area contributed by atoms with Gasteiger partial charge in [-0.15, -0.1) is 21.5 Å². The van der Waals surface area contributed by atoms with Gasteiger partial charge in [0, 0.05) is 95.5 Å². The van der Waals surface area contributed by atoms with Crippen molar-refractivity contribution in [1.82, 2.24) is 55.2 Å². The van der Waals surface area contributed by atoms with E-state index >= 15 is 0 Å². The number of nitrogens with one attached hydrogen (secondary N) is 1. The molecule has 20 nitrogen and oxygen atoms in total. The number of para-hydroxylation sites is 1. The lowest BCUT2D eigenvalue weighted by molar-refractivity contribution is -0.141. The zero-order valence-corrected chi connectivity index (χ0v) is 42.6. The maximum absolute atomic E-state index is 14.4. The van der Waals surface area contributed by atoms with Gasteiger partial charge in [-0.25, -0.2) is 15.0 Å². The fraction of sp³-hybridized carbons (Fsp3) is 0.442. The van der Waals surface area contributed by atoms with Gasteiger partial charge in [-0.05, 0) is 61.9 Å². The Morgan fingerprint density at radius 2 is 1.70 bits per heavy atom. The molecule has 5 aromatic heterocycles. The molecule has 382 valence electrons. The molecule has 10 rings (SSSR count). The first-order chi connectivity index (χ1) is 35.4. The van der Waals surface area contributed by atoms with Gasteiger partial charge in [-0.2, -0.15) is 5.10 Å². The molecule has 0 spiro atoms. The summed E-state index contributed by atoms with van der Waals surface area (Å²) in [7, 11) is 1.58. The van der Waals surface area contributed by atoms with Crippen molar-refractivity contribution in [2.45, 2.75) is 83.6 Å². The Morgan fingerprint density at radius 1 is 0.945 bits per heavy atom. The summed E-state index contributed by atoms with van der Waals surface area (Å²) in [5, 5.41) is 31.9. The molecule has 0 bridgehead atoms. The van der Waals surface area contributed by atoms with Gasteiger partial charge in [-0.1, -0.05) is 55.4 Å². The Kier molecular flexibility index (Phi) is 14.6. The normalized spacial score (nSPS) is 18.7. The van der Waals surface area contributed by atoms with E-state index in [0.717, 1.165) is 77.4 Å². The summed E-state index contributed by atoms with van der Waals surface area (Å²) < 4.78 is 18.8. The number of nitrogen functional groups attached to an aromatic ring is 1. The van der Waals surface area contributed by atoms with E-state index in [0.29, 0.717) is 59.9 Å². The van der Waals surface area contributed by atoms with Gasteiger partial charge in [-0.3, -0.25) is 19.2 Å². The van der Waals surface area contributed by atoms with Crippen LogP contribution in [0.1, 0.15) is 80.6 Å². The number of benzene rings is 2. The van der Waals surface area contributed by atoms with Crippen LogP contribution in [0.25, 0.3) is 32.7 Å². The van der Waals surface area contributed by atoms with Crippen molar-refractivity contribution in [2.24, 2.45) is 5.92 Å². The van der Waals surface area contributed by atoms with Crippen molar-refractivity contribution in [1.29, 1.82) is 0 Å². The number of fused-ring (bicyclic) bond motifs is 1. The second-order valence-corrected chi connectivity index (χ2v) is 20.4. The number of methoxy groups -OCH3 is 1. The second kappa shape index (κ2) is 21.6. The number of piperazine rings is 1. The molecule has 3 aliphatic rings. The highest BCUT2D eigenvalue weighted by Crippen LogP contribution is 2.36. The van der Waals surface area contributed by atoms with Gasteiger partial charge >= 0.3 is 0 Å². The zero-order chi connectivity index (χ0) is 50.8. The summed E-state index contributed by atoms with van der Waals surface area (Å²) in [6.07, 6.45) is 4.83. The molecule has 73 heavy (non-hydrogen) atoms. The minimum atomic E-state index is -0.819. The lowest BCUT2D eigenvalue weighted by Gasteiger charge is -2.34. The van der Waals surface area contributed by atoms with Crippen LogP contribution in [0, 0.1) is 12.8 Å². The summed E-state index contributed by atoms with van der Waals surface area (Å²) in [5.41, 5.74) is 15.1. The van der Waals surface area contributed by atoms with Crippen LogP contribution in [0.3, 0.4) is 0 Å². The fourth-order valence-corrected chi connectivity index (χ4v) is 11.1. The maximum Gasteiger partial charge on any atom is 0.243 e. The predicted molar refractivity (Wildman–Crippen MR) is 277 cm³/mol. The number of aryl methyl sites for hydroxylation is 1. The SMILES string of the molecule is COCOc1ccccc1-c1cc2c(nn1)c(N)nn2C1CCN(c2ncc(CN3CCN(c4cc(C(C(=O)N5C[C@H](O)C[C@H]5C(=O)N[C@@H](C)c5ccc(-c6scnc6C)cc5)C(C)C)on4)CC3)cn2)CC1. The van der Waals surface area contributed by atoms with E-state index in [1.54, 1.807) is 18.4 Å². The molecule has 1 unspecified atom stereocenters. The average molecular weight is 1010 g/mol. The molecule has 0 saturated carbocycles. The Balaban J connectivity index is 0.710. The van der Waals surface area contributed by atoms with Crippen molar-refractivity contribution >= 4 is 51.8 Å². The number of aliphatic hydroxyl groups is 1. The number of ether oxygens (including phenoxy) is 2. The molecule has 2 aromatic carbocycles. The summed E-state index contributed by atoms with van der Waals surface area (Å²) in [4.78, 5) is 51.5. The number of carbonyl (C=O) groups excluding carboxylic acids is 2. The number of thiazole rings is 1. The van der Waals surface area contributed by atoms with Gasteiger partial charge in [0.25, 0.3) is 0 Å². The van der Waals surface area contributed by atoms with E-state index in [9.17, 15) is 14.7 Å². The number of rotatable bonds is 16. The van der Waals surface area contributed by atoms with Crippen molar-refractivity contribution in [3.63, 3.8) is 0 Å². The monoisotopic (exact) mass is 1010 g/mol. The number of hydrogen-bond acceptors (Lipinski definition) is 18. The van der Waals surface area contributed by atoms with Crippen LogP contribution in [0.2, 0.25) is 0 Å². The number of nitrogens with zero attached hydrogens (tertiary/aromatic N) is 12. The zero-order valence-electron chi connectivity index (χ0n) is 41.8. The molecule has 0 radical (unpaired) electrons. The summed E-state index contributed by atoms with van der Waals surface area (Å²) in [6.45, 7) is 13.2. The van der Waals surface area contributed by atoms with Gasteiger partial charge in [0.05, 0.1) is 45.5 Å². The van der Waals surface area contributed by atoms with Crippen molar-refractivity contribution in [2.75, 3.05) is 75.2 Å². The van der Waals surface area contributed by atoms with Gasteiger partial charge in [0.15, 0.2) is 29.7 Å². The number of piperidine rings is 1. The first kappa shape index (κ1) is 49.5. The van der Waals surface area contributed by atoms with Crippen molar-refractivity contribution < 1.29 is 28.7 Å². The van der Waals surface area contributed by atoms with Crippen LogP contribution < -0.4 is 25.6 Å². The maximum atomic E-state index is 14.4. The second-order valence-electron chi connectivity index (χ2n) is 19.5. The third kappa shape index (κ3) is 10.6. The van der Waals surface area contributed by atoms with Crippen LogP contribution in [0.4, 0.5) is 17.6 Å². The highest BCUT2D eigenvalue weighted by molar-refractivity contribution is 7.13. The number of likely N-dealkylation sites (tertiary alicyclic amines) is 1. The number of hydrogen-bond donors (Lipinski definition) is 3. The van der Waals surface area contributed by atoms with Crippen LogP contribution >= 0.6 is 11.3 Å². The minimum absolute atomic E-state index is 0.0654. The third-order valence-corrected chi connectivity index (χ3v) is 15.2. The molecule has 3 aliphatic heterocycles. The molecule has 3 saturated heterocycles. The number of anilines is 3. The number of aliphatic hydroxyl groups excluding tert-OH is 1. The lowest BCUT2D eigenvalue weighted by atomic mass is 9.91. The summed E-state index contributed by atoms with van der Waals surface area (Å²) in [5.74, 6) is 1.41. The van der Waals surface area contributed by atoms with Gasteiger partial charge in [0.2, 0.25) is 17.8 Å². The van der Waals surface area contributed by atoms with Crippen LogP contribution in [0.5, 0.6) is 5.75 Å². The van der Waals surface area contributed by atoms with E-state index in [-0.39, 0.29) is 49.6 Å². The number of amides is 2. The minimum Gasteiger partial charge on any atom is -0.467 e. The van der Waals surface area contributed by atoms with E-state index in [1.807, 2.05) is 111 Å². The van der Waals surface area contributed by atoms with Crippen LogP contribution in [-0.2, 0) is 20.9 Å². The number of aromatic nitrogens is 8. The van der Waals surface area contributed by atoms with E-state index in [1.165, 1.54) is 4.90 Å². The molecular formula is C52H62N14O6S. The van der Waals surface area contributed by atoms with E-state index < -0.39 is 18.1 Å². The Labute approximate surface area is 427 Å². The van der Waals surface area contributed by atoms with Gasteiger partial charge in [0.1, 0.15) is 17.7 Å².